The maximum Gasteiger partial charge on any atom is 0.0711 e. The molecule has 0 spiro atoms. The summed E-state index contributed by atoms with van der Waals surface area (Å²) in [5.74, 6) is 0. The molecule has 0 amide bonds. The Bertz CT molecular complexity index is 522. The van der Waals surface area contributed by atoms with E-state index in [1.54, 1.807) is 0 Å². The molecule has 0 fully saturated rings. The topological polar surface area (TPSA) is 15.8 Å². The zero-order valence-electron chi connectivity index (χ0n) is 7.04. The van der Waals surface area contributed by atoms with Crippen LogP contribution in [-0.4, -0.2) is 4.98 Å². The highest BCUT2D eigenvalue weighted by Gasteiger charge is 2.07. The molecule has 0 atom stereocenters. The summed E-state index contributed by atoms with van der Waals surface area (Å²) in [6.07, 6.45) is 5.05. The van der Waals surface area contributed by atoms with Crippen molar-refractivity contribution < 1.29 is 0 Å². The van der Waals surface area contributed by atoms with Crippen LogP contribution in [0.2, 0.25) is 0 Å². The predicted molar refractivity (Wildman–Crippen MR) is 53.8 cm³/mol. The summed E-state index contributed by atoms with van der Waals surface area (Å²) < 4.78 is 0. The lowest BCUT2D eigenvalue weighted by Gasteiger charge is -1.95. The number of aromatic amines is 1. The minimum absolute atomic E-state index is 1.18. The fourth-order valence-corrected chi connectivity index (χ4v) is 1.76. The number of pyridine rings is 1. The molecule has 0 aromatic heterocycles. The average Bonchev–Trinajstić information content (AvgIpc) is 2.56. The van der Waals surface area contributed by atoms with Gasteiger partial charge in [0.15, 0.2) is 0 Å². The number of H-pyrrole nitrogens is 1. The Hall–Kier alpha value is -1.76. The van der Waals surface area contributed by atoms with Gasteiger partial charge in [0, 0.05) is 11.8 Å². The molecule has 1 aromatic carbocycles. The van der Waals surface area contributed by atoms with Crippen LogP contribution in [0.1, 0.15) is 0 Å². The van der Waals surface area contributed by atoms with Gasteiger partial charge in [0.25, 0.3) is 0 Å². The number of nitrogens with one attached hydrogen (secondary N) is 1. The quantitative estimate of drug-likeness (QED) is 0.528. The fourth-order valence-electron chi connectivity index (χ4n) is 1.76. The van der Waals surface area contributed by atoms with Crippen molar-refractivity contribution in [1.82, 2.24) is 4.98 Å². The van der Waals surface area contributed by atoms with Crippen molar-refractivity contribution in [1.29, 1.82) is 0 Å². The highest BCUT2D eigenvalue weighted by molar-refractivity contribution is 6.01. The molecule has 1 heteroatoms. The van der Waals surface area contributed by atoms with Crippen LogP contribution in [0.3, 0.4) is 0 Å². The predicted octanol–water partition coefficient (Wildman–Crippen LogP) is 3.07. The Labute approximate surface area is 76.4 Å². The molecular weight excluding hydrogens is 158 g/mol. The number of rotatable bonds is 0. The van der Waals surface area contributed by atoms with E-state index in [2.05, 4.69) is 47.6 Å². The van der Waals surface area contributed by atoms with Crippen LogP contribution in [0.15, 0.2) is 42.6 Å². The monoisotopic (exact) mass is 166 g/mol. The lowest BCUT2D eigenvalue weighted by Crippen LogP contribution is -1.75. The van der Waals surface area contributed by atoms with E-state index in [0.717, 1.165) is 0 Å². The first-order valence-corrected chi connectivity index (χ1v) is 4.32. The van der Waals surface area contributed by atoms with Gasteiger partial charge in [-0.05, 0) is 28.5 Å². The Morgan fingerprint density at radius 3 is 3.00 bits per heavy atom. The normalized spacial score (nSPS) is 11.1. The summed E-state index contributed by atoms with van der Waals surface area (Å²) in [6.45, 7) is 0. The van der Waals surface area contributed by atoms with Crippen LogP contribution < -0.4 is 0 Å². The highest BCUT2D eigenvalue weighted by atomic mass is 14.6. The van der Waals surface area contributed by atoms with Crippen molar-refractivity contribution >= 4 is 10.8 Å². The second-order valence-electron chi connectivity index (χ2n) is 3.16. The maximum atomic E-state index is 3.15. The van der Waals surface area contributed by atoms with Crippen LogP contribution in [0.4, 0.5) is 0 Å². The van der Waals surface area contributed by atoms with E-state index in [9.17, 15) is 0 Å². The van der Waals surface area contributed by atoms with Gasteiger partial charge in [0.05, 0.1) is 6.20 Å². The number of hydrogen-bond donors (Lipinski definition) is 1. The summed E-state index contributed by atoms with van der Waals surface area (Å²) in [7, 11) is 0. The minimum Gasteiger partial charge on any atom is -0.359 e. The van der Waals surface area contributed by atoms with Gasteiger partial charge in [0.2, 0.25) is 0 Å². The number of hydrogen-bond acceptors (Lipinski definition) is 0. The molecule has 1 aromatic rings. The fraction of sp³-hybridized carbons (Fsp3) is 0. The lowest BCUT2D eigenvalue weighted by atomic mass is 10.1. The van der Waals surface area contributed by atoms with E-state index in [4.69, 9.17) is 0 Å². The first kappa shape index (κ1) is 6.72. The van der Waals surface area contributed by atoms with E-state index in [-0.39, 0.29) is 0 Å². The van der Waals surface area contributed by atoms with Crippen molar-refractivity contribution in [2.45, 2.75) is 0 Å². The lowest BCUT2D eigenvalue weighted by molar-refractivity contribution is 1.32. The van der Waals surface area contributed by atoms with Crippen LogP contribution >= 0.6 is 0 Å². The molecule has 1 aliphatic carbocycles. The van der Waals surface area contributed by atoms with Crippen molar-refractivity contribution in [3.63, 3.8) is 0 Å². The van der Waals surface area contributed by atoms with Gasteiger partial charge in [-0.1, -0.05) is 24.3 Å². The standard InChI is InChI=1S/C12H8N/c1-2-4-11-9(3-1)7-10-5-6-13-8-12(10)11/h1-7,13H. The van der Waals surface area contributed by atoms with Gasteiger partial charge in [-0.3, -0.25) is 0 Å². The molecular formula is C12H8N. The van der Waals surface area contributed by atoms with E-state index >= 15 is 0 Å². The molecule has 1 nitrogen and oxygen atoms in total. The molecule has 1 heterocycles. The van der Waals surface area contributed by atoms with Crippen molar-refractivity contribution in [3.8, 4) is 11.1 Å². The average molecular weight is 166 g/mol. The molecule has 0 saturated carbocycles. The molecule has 3 rings (SSSR count). The zero-order chi connectivity index (χ0) is 8.67. The Kier molecular flexibility index (Phi) is 1.22. The zero-order valence-corrected chi connectivity index (χ0v) is 7.04. The summed E-state index contributed by atoms with van der Waals surface area (Å²) in [5, 5.41) is 2.56. The van der Waals surface area contributed by atoms with E-state index in [1.165, 1.54) is 21.9 Å². The molecule has 0 unspecified atom stereocenters. The smallest absolute Gasteiger partial charge is 0.0711 e. The Balaban J connectivity index is 2.56. The highest BCUT2D eigenvalue weighted by Crippen LogP contribution is 2.32. The second kappa shape index (κ2) is 2.36. The Morgan fingerprint density at radius 2 is 2.00 bits per heavy atom. The van der Waals surface area contributed by atoms with Crippen molar-refractivity contribution in [2.24, 2.45) is 0 Å². The van der Waals surface area contributed by atoms with Gasteiger partial charge >= 0.3 is 0 Å². The number of aromatic nitrogens is 1. The summed E-state index contributed by atoms with van der Waals surface area (Å²) in [6, 6.07) is 12.6. The third kappa shape index (κ3) is 0.872. The van der Waals surface area contributed by atoms with Gasteiger partial charge in [-0.25, -0.2) is 0 Å². The summed E-state index contributed by atoms with van der Waals surface area (Å²) in [5.41, 5.74) is 2.43. The molecule has 0 saturated heterocycles. The van der Waals surface area contributed by atoms with E-state index in [1.807, 2.05) is 6.20 Å². The van der Waals surface area contributed by atoms with Crippen LogP contribution in [-0.2, 0) is 0 Å². The molecule has 0 bridgehead atoms. The SMILES string of the molecule is [c]1[nH]ccc2cc3ccccc3c1-2. The number of fused-ring (bicyclic) bond motifs is 3. The van der Waals surface area contributed by atoms with Gasteiger partial charge < -0.3 is 4.98 Å². The van der Waals surface area contributed by atoms with E-state index in [0.29, 0.717) is 0 Å². The maximum absolute atomic E-state index is 3.15. The van der Waals surface area contributed by atoms with Gasteiger partial charge in [-0.15, -0.1) is 0 Å². The molecule has 1 N–H and O–H groups in total. The second-order valence-corrected chi connectivity index (χ2v) is 3.16. The number of benzene rings is 1. The van der Waals surface area contributed by atoms with Crippen molar-refractivity contribution in [2.75, 3.05) is 0 Å². The van der Waals surface area contributed by atoms with Crippen LogP contribution in [0.25, 0.3) is 21.9 Å². The van der Waals surface area contributed by atoms with Gasteiger partial charge in [-0.2, -0.15) is 0 Å². The van der Waals surface area contributed by atoms with E-state index < -0.39 is 0 Å². The summed E-state index contributed by atoms with van der Waals surface area (Å²) in [4.78, 5) is 2.99. The van der Waals surface area contributed by atoms with Crippen LogP contribution in [0, 0.1) is 6.20 Å². The third-order valence-corrected chi connectivity index (χ3v) is 2.37. The Morgan fingerprint density at radius 1 is 1.08 bits per heavy atom. The molecule has 2 aliphatic rings. The first-order chi connectivity index (χ1) is 6.45. The summed E-state index contributed by atoms with van der Waals surface area (Å²) >= 11 is 0. The minimum atomic E-state index is 1.18. The molecule has 1 radical (unpaired) electrons. The molecule has 13 heavy (non-hydrogen) atoms. The third-order valence-electron chi connectivity index (χ3n) is 2.37. The largest absolute Gasteiger partial charge is 0.359 e. The van der Waals surface area contributed by atoms with Gasteiger partial charge in [0.1, 0.15) is 0 Å². The first-order valence-electron chi connectivity index (χ1n) is 4.32. The van der Waals surface area contributed by atoms with Crippen LogP contribution in [0.5, 0.6) is 0 Å². The molecule has 61 valence electrons. The molecule has 1 aliphatic heterocycles. The van der Waals surface area contributed by atoms with Crippen molar-refractivity contribution in [3.05, 3.63) is 48.8 Å².